The third-order valence-corrected chi connectivity index (χ3v) is 4.65. The number of aliphatic hydroxyl groups is 1. The monoisotopic (exact) mass is 355 g/mol. The van der Waals surface area contributed by atoms with Crippen LogP contribution >= 0.6 is 0 Å². The molecule has 0 amide bonds. The molecule has 0 aliphatic carbocycles. The fraction of sp³-hybridized carbons (Fsp3) is 0.389. The molecule has 1 aliphatic rings. The number of hydrogen-bond donors (Lipinski definition) is 2. The summed E-state index contributed by atoms with van der Waals surface area (Å²) in [5.41, 5.74) is 2.40. The molecule has 0 unspecified atom stereocenters. The molecule has 0 fully saturated rings. The summed E-state index contributed by atoms with van der Waals surface area (Å²) in [6, 6.07) is 6.57. The fourth-order valence-electron chi connectivity index (χ4n) is 3.36. The van der Waals surface area contributed by atoms with Gasteiger partial charge in [0.2, 0.25) is 0 Å². The number of aliphatic hydroxyl groups excluding tert-OH is 1. The van der Waals surface area contributed by atoms with E-state index < -0.39 is 6.10 Å². The van der Waals surface area contributed by atoms with Gasteiger partial charge in [0.1, 0.15) is 0 Å². The summed E-state index contributed by atoms with van der Waals surface area (Å²) in [4.78, 5) is 18.9. The van der Waals surface area contributed by atoms with Crippen molar-refractivity contribution >= 4 is 5.65 Å². The molecular formula is C18H21N5O3. The number of nitrogens with zero attached hydrogens (tertiary/aromatic N) is 5. The Balaban J connectivity index is 1.61. The molecule has 4 heterocycles. The lowest BCUT2D eigenvalue weighted by Gasteiger charge is -2.19. The van der Waals surface area contributed by atoms with Crippen molar-refractivity contribution < 1.29 is 10.2 Å². The Bertz CT molecular complexity index is 1010. The first-order valence-corrected chi connectivity index (χ1v) is 8.68. The molecule has 0 bridgehead atoms. The number of aromatic nitrogens is 4. The summed E-state index contributed by atoms with van der Waals surface area (Å²) in [5, 5.41) is 24.2. The predicted molar refractivity (Wildman–Crippen MR) is 94.7 cm³/mol. The van der Waals surface area contributed by atoms with Crippen molar-refractivity contribution in [2.24, 2.45) is 0 Å². The van der Waals surface area contributed by atoms with Gasteiger partial charge in [0.05, 0.1) is 23.2 Å². The maximum Gasteiger partial charge on any atom is 0.258 e. The van der Waals surface area contributed by atoms with Crippen LogP contribution in [0.15, 0.2) is 35.3 Å². The quantitative estimate of drug-likeness (QED) is 0.729. The molecule has 136 valence electrons. The van der Waals surface area contributed by atoms with E-state index in [-0.39, 0.29) is 17.0 Å². The van der Waals surface area contributed by atoms with Crippen molar-refractivity contribution in [1.29, 1.82) is 0 Å². The van der Waals surface area contributed by atoms with Crippen LogP contribution in [0.4, 0.5) is 0 Å². The first kappa shape index (κ1) is 16.7. The van der Waals surface area contributed by atoms with Crippen molar-refractivity contribution in [3.05, 3.63) is 57.9 Å². The lowest BCUT2D eigenvalue weighted by Crippen LogP contribution is -2.25. The number of pyridine rings is 1. The second-order valence-corrected chi connectivity index (χ2v) is 6.70. The van der Waals surface area contributed by atoms with Crippen LogP contribution in [0, 0.1) is 0 Å². The van der Waals surface area contributed by atoms with Crippen LogP contribution in [0.25, 0.3) is 5.65 Å². The minimum absolute atomic E-state index is 0.0121. The van der Waals surface area contributed by atoms with Gasteiger partial charge >= 0.3 is 0 Å². The third kappa shape index (κ3) is 3.09. The summed E-state index contributed by atoms with van der Waals surface area (Å²) in [6.07, 6.45) is 1.93. The van der Waals surface area contributed by atoms with Crippen LogP contribution < -0.4 is 5.56 Å². The average molecular weight is 355 g/mol. The van der Waals surface area contributed by atoms with Crippen molar-refractivity contribution in [2.75, 3.05) is 6.54 Å². The maximum absolute atomic E-state index is 12.3. The van der Waals surface area contributed by atoms with Crippen LogP contribution in [-0.2, 0) is 19.6 Å². The first-order valence-electron chi connectivity index (χ1n) is 8.68. The van der Waals surface area contributed by atoms with Crippen LogP contribution in [0.1, 0.15) is 36.5 Å². The Hall–Kier alpha value is -2.71. The Morgan fingerprint density at radius 1 is 1.31 bits per heavy atom. The molecule has 26 heavy (non-hydrogen) atoms. The molecule has 0 saturated heterocycles. The van der Waals surface area contributed by atoms with Gasteiger partial charge in [-0.25, -0.2) is 4.98 Å². The molecular weight excluding hydrogens is 334 g/mol. The van der Waals surface area contributed by atoms with E-state index in [1.165, 1.54) is 16.5 Å². The summed E-state index contributed by atoms with van der Waals surface area (Å²) in [7, 11) is 0. The van der Waals surface area contributed by atoms with Crippen LogP contribution in [0.3, 0.4) is 0 Å². The lowest BCUT2D eigenvalue weighted by atomic mass is 10.2. The summed E-state index contributed by atoms with van der Waals surface area (Å²) >= 11 is 0. The molecule has 0 saturated carbocycles. The van der Waals surface area contributed by atoms with Crippen molar-refractivity contribution in [3.8, 4) is 5.75 Å². The van der Waals surface area contributed by atoms with Crippen LogP contribution in [-0.4, -0.2) is 40.8 Å². The second kappa shape index (κ2) is 6.54. The number of fused-ring (bicyclic) bond motifs is 2. The fourth-order valence-corrected chi connectivity index (χ4v) is 3.36. The van der Waals surface area contributed by atoms with Crippen LogP contribution in [0.5, 0.6) is 5.75 Å². The van der Waals surface area contributed by atoms with E-state index in [1.807, 2.05) is 10.7 Å². The topological polar surface area (TPSA) is 95.9 Å². The molecule has 1 aliphatic heterocycles. The predicted octanol–water partition coefficient (Wildman–Crippen LogP) is 1.06. The number of aromatic hydroxyl groups is 1. The smallest absolute Gasteiger partial charge is 0.258 e. The average Bonchev–Trinajstić information content (AvgIpc) is 2.90. The molecule has 4 rings (SSSR count). The van der Waals surface area contributed by atoms with Gasteiger partial charge in [0, 0.05) is 38.4 Å². The van der Waals surface area contributed by atoms with E-state index >= 15 is 0 Å². The van der Waals surface area contributed by atoms with Gasteiger partial charge in [-0.1, -0.05) is 0 Å². The van der Waals surface area contributed by atoms with Gasteiger partial charge in [0.15, 0.2) is 11.4 Å². The molecule has 0 spiro atoms. The van der Waals surface area contributed by atoms with E-state index in [0.717, 1.165) is 25.2 Å². The number of hydrogen-bond acceptors (Lipinski definition) is 6. The zero-order valence-electron chi connectivity index (χ0n) is 14.5. The molecule has 3 aromatic heterocycles. The number of aryl methyl sites for hydroxylation is 1. The van der Waals surface area contributed by atoms with E-state index in [2.05, 4.69) is 15.0 Å². The molecule has 3 aromatic rings. The third-order valence-electron chi connectivity index (χ3n) is 4.65. The molecule has 1 atom stereocenters. The first-order chi connectivity index (χ1) is 12.5. The maximum atomic E-state index is 12.3. The Labute approximate surface area is 150 Å². The zero-order chi connectivity index (χ0) is 18.3. The SMILES string of the molecule is C[C@@H](O)c1cc2n(n1)CCCN(Cc1cc(=O)n3cccc(O)c3n1)C2. The van der Waals surface area contributed by atoms with Gasteiger partial charge in [-0.15, -0.1) is 0 Å². The largest absolute Gasteiger partial charge is 0.504 e. The molecule has 0 aromatic carbocycles. The van der Waals surface area contributed by atoms with Gasteiger partial charge in [-0.2, -0.15) is 5.10 Å². The second-order valence-electron chi connectivity index (χ2n) is 6.70. The van der Waals surface area contributed by atoms with E-state index in [4.69, 9.17) is 0 Å². The van der Waals surface area contributed by atoms with E-state index in [1.54, 1.807) is 19.2 Å². The van der Waals surface area contributed by atoms with Crippen LogP contribution in [0.2, 0.25) is 0 Å². The van der Waals surface area contributed by atoms with E-state index in [9.17, 15) is 15.0 Å². The Morgan fingerprint density at radius 2 is 2.15 bits per heavy atom. The summed E-state index contributed by atoms with van der Waals surface area (Å²) in [5.74, 6) is -0.0121. The lowest BCUT2D eigenvalue weighted by molar-refractivity contribution is 0.193. The highest BCUT2D eigenvalue weighted by Gasteiger charge is 2.19. The van der Waals surface area contributed by atoms with E-state index in [0.29, 0.717) is 24.5 Å². The Kier molecular flexibility index (Phi) is 4.21. The highest BCUT2D eigenvalue weighted by molar-refractivity contribution is 5.52. The van der Waals surface area contributed by atoms with Crippen molar-refractivity contribution in [3.63, 3.8) is 0 Å². The highest BCUT2D eigenvalue weighted by Crippen LogP contribution is 2.19. The Morgan fingerprint density at radius 3 is 2.96 bits per heavy atom. The zero-order valence-corrected chi connectivity index (χ0v) is 14.5. The molecule has 8 heteroatoms. The molecule has 2 N–H and O–H groups in total. The summed E-state index contributed by atoms with van der Waals surface area (Å²) in [6.45, 7) is 4.54. The number of rotatable bonds is 3. The van der Waals surface area contributed by atoms with Gasteiger partial charge in [-0.05, 0) is 31.5 Å². The summed E-state index contributed by atoms with van der Waals surface area (Å²) < 4.78 is 3.28. The normalized spacial score (nSPS) is 16.4. The van der Waals surface area contributed by atoms with Crippen molar-refractivity contribution in [2.45, 2.75) is 39.1 Å². The minimum Gasteiger partial charge on any atom is -0.504 e. The van der Waals surface area contributed by atoms with Gasteiger partial charge in [-0.3, -0.25) is 18.8 Å². The van der Waals surface area contributed by atoms with Crippen molar-refractivity contribution in [1.82, 2.24) is 24.1 Å². The standard InChI is InChI=1S/C18H21N5O3/c1-12(24)15-9-14-11-21(5-3-7-23(14)20-15)10-13-8-17(26)22-6-2-4-16(25)18(22)19-13/h2,4,6,8-9,12,24-25H,3,5,7,10-11H2,1H3/t12-/m1/s1. The molecule has 0 radical (unpaired) electrons. The van der Waals surface area contributed by atoms with Gasteiger partial charge in [0.25, 0.3) is 5.56 Å². The van der Waals surface area contributed by atoms with Gasteiger partial charge < -0.3 is 10.2 Å². The molecule has 8 nitrogen and oxygen atoms in total. The highest BCUT2D eigenvalue weighted by atomic mass is 16.3. The minimum atomic E-state index is -0.590.